The van der Waals surface area contributed by atoms with E-state index < -0.39 is 0 Å². The van der Waals surface area contributed by atoms with Gasteiger partial charge in [-0.05, 0) is 50.9 Å². The minimum absolute atomic E-state index is 0.0361. The first-order valence-corrected chi connectivity index (χ1v) is 6.06. The molecule has 0 radical (unpaired) electrons. The van der Waals surface area contributed by atoms with Crippen molar-refractivity contribution >= 4 is 11.0 Å². The van der Waals surface area contributed by atoms with Gasteiger partial charge in [-0.25, -0.2) is 4.79 Å². The molecule has 17 heavy (non-hydrogen) atoms. The van der Waals surface area contributed by atoms with Crippen LogP contribution < -0.4 is 11.4 Å². The minimum atomic E-state index is -0.0361. The van der Waals surface area contributed by atoms with Gasteiger partial charge < -0.3 is 10.7 Å². The first-order valence-electron chi connectivity index (χ1n) is 6.06. The van der Waals surface area contributed by atoms with E-state index in [9.17, 15) is 4.79 Å². The summed E-state index contributed by atoms with van der Waals surface area (Å²) < 4.78 is 1.78. The van der Waals surface area contributed by atoms with Gasteiger partial charge in [-0.15, -0.1) is 0 Å². The standard InChI is InChI=1S/C13H19N3O/c1-9(2)16-12-6-5-10(4-3-7-14)8-11(12)15-13(16)17/h5-6,8-9H,3-4,7,14H2,1-2H3,(H,15,17). The fourth-order valence-corrected chi connectivity index (χ4v) is 2.15. The van der Waals surface area contributed by atoms with E-state index in [1.54, 1.807) is 4.57 Å². The van der Waals surface area contributed by atoms with Crippen LogP contribution in [0.4, 0.5) is 0 Å². The maximum atomic E-state index is 11.8. The lowest BCUT2D eigenvalue weighted by atomic mass is 10.1. The van der Waals surface area contributed by atoms with Crippen LogP contribution in [-0.2, 0) is 6.42 Å². The summed E-state index contributed by atoms with van der Waals surface area (Å²) in [7, 11) is 0. The first-order chi connectivity index (χ1) is 8.13. The van der Waals surface area contributed by atoms with Crippen LogP contribution in [0.25, 0.3) is 11.0 Å². The summed E-state index contributed by atoms with van der Waals surface area (Å²) in [5.74, 6) is 0. The quantitative estimate of drug-likeness (QED) is 0.845. The number of aryl methyl sites for hydroxylation is 1. The first kappa shape index (κ1) is 11.9. The predicted molar refractivity (Wildman–Crippen MR) is 70.3 cm³/mol. The number of nitrogens with one attached hydrogen (secondary N) is 1. The van der Waals surface area contributed by atoms with Crippen LogP contribution in [0.1, 0.15) is 31.9 Å². The molecule has 0 aliphatic heterocycles. The van der Waals surface area contributed by atoms with E-state index in [1.807, 2.05) is 26.0 Å². The van der Waals surface area contributed by atoms with Crippen LogP contribution in [0.15, 0.2) is 23.0 Å². The van der Waals surface area contributed by atoms with Crippen LogP contribution in [0, 0.1) is 0 Å². The van der Waals surface area contributed by atoms with Gasteiger partial charge in [0.1, 0.15) is 0 Å². The summed E-state index contributed by atoms with van der Waals surface area (Å²) in [6.45, 7) is 4.72. The molecule has 2 rings (SSSR count). The molecule has 0 saturated heterocycles. The number of aromatic amines is 1. The maximum Gasteiger partial charge on any atom is 0.326 e. The molecule has 4 heteroatoms. The largest absolute Gasteiger partial charge is 0.330 e. The van der Waals surface area contributed by atoms with Crippen LogP contribution in [0.5, 0.6) is 0 Å². The second kappa shape index (κ2) is 4.75. The fourth-order valence-electron chi connectivity index (χ4n) is 2.15. The average Bonchev–Trinajstić information content (AvgIpc) is 2.61. The van der Waals surface area contributed by atoms with Gasteiger partial charge in [0.25, 0.3) is 0 Å². The number of benzene rings is 1. The molecule has 2 aromatic rings. The van der Waals surface area contributed by atoms with Crippen molar-refractivity contribution in [3.8, 4) is 0 Å². The number of hydrogen-bond acceptors (Lipinski definition) is 2. The molecule has 0 atom stereocenters. The highest BCUT2D eigenvalue weighted by molar-refractivity contribution is 5.76. The van der Waals surface area contributed by atoms with Crippen LogP contribution in [0.3, 0.4) is 0 Å². The Morgan fingerprint density at radius 2 is 2.18 bits per heavy atom. The molecule has 4 nitrogen and oxygen atoms in total. The molecule has 0 aliphatic rings. The zero-order chi connectivity index (χ0) is 12.4. The van der Waals surface area contributed by atoms with Crippen molar-refractivity contribution in [2.45, 2.75) is 32.7 Å². The van der Waals surface area contributed by atoms with Crippen molar-refractivity contribution < 1.29 is 0 Å². The third kappa shape index (κ3) is 2.26. The highest BCUT2D eigenvalue weighted by atomic mass is 16.1. The fraction of sp³-hybridized carbons (Fsp3) is 0.462. The van der Waals surface area contributed by atoms with Gasteiger partial charge in [-0.2, -0.15) is 0 Å². The van der Waals surface area contributed by atoms with Gasteiger partial charge in [-0.1, -0.05) is 6.07 Å². The van der Waals surface area contributed by atoms with E-state index in [0.29, 0.717) is 6.54 Å². The maximum absolute atomic E-state index is 11.8. The molecular weight excluding hydrogens is 214 g/mol. The second-order valence-corrected chi connectivity index (χ2v) is 4.64. The van der Waals surface area contributed by atoms with E-state index in [0.717, 1.165) is 23.9 Å². The Morgan fingerprint density at radius 3 is 2.82 bits per heavy atom. The van der Waals surface area contributed by atoms with Gasteiger partial charge in [0, 0.05) is 6.04 Å². The number of rotatable bonds is 4. The lowest BCUT2D eigenvalue weighted by Gasteiger charge is -2.07. The number of imidazole rings is 1. The molecule has 1 heterocycles. The molecule has 0 amide bonds. The predicted octanol–water partition coefficient (Wildman–Crippen LogP) is 1.80. The Kier molecular flexibility index (Phi) is 3.33. The molecule has 0 fully saturated rings. The highest BCUT2D eigenvalue weighted by Crippen LogP contribution is 2.17. The van der Waals surface area contributed by atoms with Crippen LogP contribution in [-0.4, -0.2) is 16.1 Å². The van der Waals surface area contributed by atoms with Crippen LogP contribution >= 0.6 is 0 Å². The van der Waals surface area contributed by atoms with E-state index >= 15 is 0 Å². The number of aromatic nitrogens is 2. The van der Waals surface area contributed by atoms with Crippen molar-refractivity contribution in [1.29, 1.82) is 0 Å². The highest BCUT2D eigenvalue weighted by Gasteiger charge is 2.09. The van der Waals surface area contributed by atoms with Gasteiger partial charge in [0.15, 0.2) is 0 Å². The minimum Gasteiger partial charge on any atom is -0.330 e. The lowest BCUT2D eigenvalue weighted by Crippen LogP contribution is -2.18. The molecule has 1 aromatic heterocycles. The molecule has 92 valence electrons. The number of nitrogens with two attached hydrogens (primary N) is 1. The van der Waals surface area contributed by atoms with E-state index in [4.69, 9.17) is 5.73 Å². The second-order valence-electron chi connectivity index (χ2n) is 4.64. The zero-order valence-electron chi connectivity index (χ0n) is 10.4. The Bertz CT molecular complexity index is 566. The van der Waals surface area contributed by atoms with E-state index in [1.165, 1.54) is 5.56 Å². The Morgan fingerprint density at radius 1 is 1.41 bits per heavy atom. The Labute approximate surface area is 100 Å². The van der Waals surface area contributed by atoms with E-state index in [-0.39, 0.29) is 11.7 Å². The average molecular weight is 233 g/mol. The zero-order valence-corrected chi connectivity index (χ0v) is 10.4. The van der Waals surface area contributed by atoms with Gasteiger partial charge in [-0.3, -0.25) is 4.57 Å². The monoisotopic (exact) mass is 233 g/mol. The summed E-state index contributed by atoms with van der Waals surface area (Å²) in [6, 6.07) is 6.31. The molecule has 0 bridgehead atoms. The van der Waals surface area contributed by atoms with Gasteiger partial charge in [0.05, 0.1) is 11.0 Å². The molecule has 0 spiro atoms. The number of fused-ring (bicyclic) bond motifs is 1. The summed E-state index contributed by atoms with van der Waals surface area (Å²) in [4.78, 5) is 14.7. The van der Waals surface area contributed by atoms with Crippen molar-refractivity contribution in [1.82, 2.24) is 9.55 Å². The Hall–Kier alpha value is -1.55. The van der Waals surface area contributed by atoms with Crippen molar-refractivity contribution in [2.24, 2.45) is 5.73 Å². The summed E-state index contributed by atoms with van der Waals surface area (Å²) in [6.07, 6.45) is 1.93. The normalized spacial score (nSPS) is 11.5. The van der Waals surface area contributed by atoms with Crippen molar-refractivity contribution in [3.63, 3.8) is 0 Å². The molecule has 0 unspecified atom stereocenters. The summed E-state index contributed by atoms with van der Waals surface area (Å²) in [5, 5.41) is 0. The third-order valence-corrected chi connectivity index (χ3v) is 2.97. The molecule has 0 aliphatic carbocycles. The summed E-state index contributed by atoms with van der Waals surface area (Å²) in [5.41, 5.74) is 8.57. The number of hydrogen-bond donors (Lipinski definition) is 2. The van der Waals surface area contributed by atoms with Gasteiger partial charge in [0.2, 0.25) is 0 Å². The third-order valence-electron chi connectivity index (χ3n) is 2.97. The van der Waals surface area contributed by atoms with Crippen molar-refractivity contribution in [2.75, 3.05) is 6.54 Å². The van der Waals surface area contributed by atoms with Crippen LogP contribution in [0.2, 0.25) is 0 Å². The van der Waals surface area contributed by atoms with Crippen molar-refractivity contribution in [3.05, 3.63) is 34.2 Å². The molecule has 3 N–H and O–H groups in total. The summed E-state index contributed by atoms with van der Waals surface area (Å²) >= 11 is 0. The number of nitrogens with zero attached hydrogens (tertiary/aromatic N) is 1. The SMILES string of the molecule is CC(C)n1c(=O)[nH]c2cc(CCCN)ccc21. The topological polar surface area (TPSA) is 63.8 Å². The van der Waals surface area contributed by atoms with Gasteiger partial charge >= 0.3 is 5.69 Å². The molecular formula is C13H19N3O. The van der Waals surface area contributed by atoms with E-state index in [2.05, 4.69) is 11.1 Å². The lowest BCUT2D eigenvalue weighted by molar-refractivity contribution is 0.598. The smallest absolute Gasteiger partial charge is 0.326 e. The Balaban J connectivity index is 2.46. The number of H-pyrrole nitrogens is 1. The molecule has 1 aromatic carbocycles. The molecule has 0 saturated carbocycles.